The average molecular weight is 408 g/mol. The van der Waals surface area contributed by atoms with Crippen LogP contribution in [0.4, 0.5) is 4.39 Å². The lowest BCUT2D eigenvalue weighted by molar-refractivity contribution is -0.141. The molecular weight excluding hydrogens is 391 g/mol. The van der Waals surface area contributed by atoms with Crippen LogP contribution < -0.4 is 4.80 Å². The van der Waals surface area contributed by atoms with Gasteiger partial charge in [-0.15, -0.1) is 4.40 Å². The van der Waals surface area contributed by atoms with Crippen molar-refractivity contribution in [1.29, 1.82) is 0 Å². The normalized spacial score (nSPS) is 12.5. The van der Waals surface area contributed by atoms with Crippen molar-refractivity contribution in [3.8, 4) is 0 Å². The highest BCUT2D eigenvalue weighted by atomic mass is 32.2. The van der Waals surface area contributed by atoms with Crippen LogP contribution in [0.1, 0.15) is 11.1 Å². The van der Waals surface area contributed by atoms with Gasteiger partial charge in [0.2, 0.25) is 4.80 Å². The number of esters is 1. The summed E-state index contributed by atoms with van der Waals surface area (Å²) in [6.45, 7) is 3.71. The van der Waals surface area contributed by atoms with Crippen molar-refractivity contribution in [3.05, 3.63) is 58.1 Å². The van der Waals surface area contributed by atoms with Gasteiger partial charge in [0.05, 0.1) is 22.2 Å². The predicted molar refractivity (Wildman–Crippen MR) is 100 cm³/mol. The Bertz CT molecular complexity index is 1190. The summed E-state index contributed by atoms with van der Waals surface area (Å²) in [6, 6.07) is 8.23. The van der Waals surface area contributed by atoms with Crippen LogP contribution >= 0.6 is 11.3 Å². The van der Waals surface area contributed by atoms with Crippen molar-refractivity contribution >= 4 is 37.5 Å². The quantitative estimate of drug-likeness (QED) is 0.622. The first kappa shape index (κ1) is 19.2. The summed E-state index contributed by atoms with van der Waals surface area (Å²) >= 11 is 1.16. The molecule has 0 aliphatic heterocycles. The number of aryl methyl sites for hydroxylation is 2. The van der Waals surface area contributed by atoms with E-state index in [1.807, 2.05) is 26.0 Å². The number of carbonyl (C=O) groups excluding carboxylic acids is 1. The number of nitrogens with zero attached hydrogens (tertiary/aromatic N) is 2. The Kier molecular flexibility index (Phi) is 5.16. The number of carbonyl (C=O) groups is 1. The summed E-state index contributed by atoms with van der Waals surface area (Å²) in [6.07, 6.45) is 0. The zero-order valence-electron chi connectivity index (χ0n) is 14.9. The Morgan fingerprint density at radius 1 is 1.19 bits per heavy atom. The molecule has 0 spiro atoms. The Morgan fingerprint density at radius 2 is 1.81 bits per heavy atom. The van der Waals surface area contributed by atoms with Crippen LogP contribution in [0.15, 0.2) is 45.7 Å². The van der Waals surface area contributed by atoms with E-state index in [-0.39, 0.29) is 16.2 Å². The molecule has 0 aliphatic rings. The molecule has 27 heavy (non-hydrogen) atoms. The van der Waals surface area contributed by atoms with Crippen LogP contribution in [-0.4, -0.2) is 26.1 Å². The molecule has 142 valence electrons. The van der Waals surface area contributed by atoms with Gasteiger partial charge in [-0.3, -0.25) is 4.79 Å². The Balaban J connectivity index is 2.25. The molecule has 0 saturated carbocycles. The Morgan fingerprint density at radius 3 is 2.44 bits per heavy atom. The van der Waals surface area contributed by atoms with Gasteiger partial charge >= 0.3 is 5.97 Å². The van der Waals surface area contributed by atoms with Gasteiger partial charge in [-0.2, -0.15) is 8.42 Å². The second-order valence-electron chi connectivity index (χ2n) is 5.97. The molecule has 0 atom stereocenters. The number of aromatic nitrogens is 1. The second-order valence-corrected chi connectivity index (χ2v) is 8.58. The number of fused-ring (bicyclic) bond motifs is 1. The molecule has 1 aromatic heterocycles. The summed E-state index contributed by atoms with van der Waals surface area (Å²) < 4.78 is 49.3. The fraction of sp³-hybridized carbons (Fsp3) is 0.222. The minimum atomic E-state index is -4.07. The van der Waals surface area contributed by atoms with Crippen LogP contribution in [0.2, 0.25) is 0 Å². The molecule has 0 bridgehead atoms. The van der Waals surface area contributed by atoms with E-state index < -0.39 is 21.8 Å². The number of methoxy groups -OCH3 is 1. The number of halogens is 1. The highest BCUT2D eigenvalue weighted by Crippen LogP contribution is 2.23. The topological polar surface area (TPSA) is 77.7 Å². The van der Waals surface area contributed by atoms with E-state index in [2.05, 4.69) is 4.40 Å². The number of hydrogen-bond donors (Lipinski definition) is 0. The lowest BCUT2D eigenvalue weighted by Gasteiger charge is -2.06. The van der Waals surface area contributed by atoms with E-state index in [9.17, 15) is 17.6 Å². The summed E-state index contributed by atoms with van der Waals surface area (Å²) in [5, 5.41) is 0. The maximum atomic E-state index is 13.1. The van der Waals surface area contributed by atoms with Crippen molar-refractivity contribution in [1.82, 2.24) is 4.57 Å². The molecule has 0 fully saturated rings. The first-order valence-electron chi connectivity index (χ1n) is 7.95. The molecule has 0 radical (unpaired) electrons. The molecule has 1 heterocycles. The van der Waals surface area contributed by atoms with Crippen molar-refractivity contribution in [2.24, 2.45) is 4.40 Å². The van der Waals surface area contributed by atoms with Crippen molar-refractivity contribution in [3.63, 3.8) is 0 Å². The van der Waals surface area contributed by atoms with Gasteiger partial charge in [-0.25, -0.2) is 4.39 Å². The SMILES string of the molecule is COC(=O)Cn1/c(=N/S(=O)(=O)c2ccc(F)cc2)sc2cc(C)c(C)cc21. The summed E-state index contributed by atoms with van der Waals surface area (Å²) in [4.78, 5) is 11.8. The number of rotatable bonds is 4. The number of thiazole rings is 1. The number of hydrogen-bond acceptors (Lipinski definition) is 5. The molecule has 0 N–H and O–H groups in total. The van der Waals surface area contributed by atoms with Gasteiger partial charge in [-0.1, -0.05) is 11.3 Å². The molecular formula is C18H17FN2O4S2. The van der Waals surface area contributed by atoms with E-state index >= 15 is 0 Å². The van der Waals surface area contributed by atoms with E-state index in [4.69, 9.17) is 4.74 Å². The van der Waals surface area contributed by atoms with Crippen LogP contribution in [0.3, 0.4) is 0 Å². The van der Waals surface area contributed by atoms with E-state index in [0.717, 1.165) is 51.4 Å². The molecule has 0 aliphatic carbocycles. The molecule has 9 heteroatoms. The van der Waals surface area contributed by atoms with Crippen LogP contribution in [0.5, 0.6) is 0 Å². The monoisotopic (exact) mass is 408 g/mol. The highest BCUT2D eigenvalue weighted by Gasteiger charge is 2.17. The zero-order chi connectivity index (χ0) is 19.8. The standard InChI is InChI=1S/C18H17FN2O4S2/c1-11-8-15-16(9-12(11)2)26-18(21(15)10-17(22)25-3)20-27(23,24)14-6-4-13(19)5-7-14/h4-9H,10H2,1-3H3/b20-18-. The molecule has 2 aromatic carbocycles. The van der Waals surface area contributed by atoms with Gasteiger partial charge < -0.3 is 9.30 Å². The van der Waals surface area contributed by atoms with Crippen molar-refractivity contribution < 1.29 is 22.3 Å². The summed E-state index contributed by atoms with van der Waals surface area (Å²) in [7, 11) is -2.80. The van der Waals surface area contributed by atoms with E-state index in [0.29, 0.717) is 5.52 Å². The maximum Gasteiger partial charge on any atom is 0.325 e. The number of ether oxygens (including phenoxy) is 1. The number of sulfonamides is 1. The molecule has 0 saturated heterocycles. The van der Waals surface area contributed by atoms with Crippen molar-refractivity contribution in [2.45, 2.75) is 25.3 Å². The lowest BCUT2D eigenvalue weighted by Crippen LogP contribution is -2.22. The second kappa shape index (κ2) is 7.24. The molecule has 3 aromatic rings. The van der Waals surface area contributed by atoms with Crippen molar-refractivity contribution in [2.75, 3.05) is 7.11 Å². The third-order valence-electron chi connectivity index (χ3n) is 4.12. The fourth-order valence-corrected chi connectivity index (χ4v) is 4.81. The smallest absolute Gasteiger partial charge is 0.325 e. The minimum absolute atomic E-state index is 0.127. The third-order valence-corrected chi connectivity index (χ3v) is 6.56. The largest absolute Gasteiger partial charge is 0.468 e. The van der Waals surface area contributed by atoms with Crippen LogP contribution in [0.25, 0.3) is 10.2 Å². The van der Waals surface area contributed by atoms with Gasteiger partial charge in [0.1, 0.15) is 12.4 Å². The van der Waals surface area contributed by atoms with Gasteiger partial charge in [0, 0.05) is 0 Å². The molecule has 0 unspecified atom stereocenters. The molecule has 3 rings (SSSR count). The Labute approximate surface area is 159 Å². The molecule has 0 amide bonds. The minimum Gasteiger partial charge on any atom is -0.468 e. The van der Waals surface area contributed by atoms with E-state index in [1.54, 1.807) is 0 Å². The number of benzene rings is 2. The highest BCUT2D eigenvalue weighted by molar-refractivity contribution is 7.90. The van der Waals surface area contributed by atoms with E-state index in [1.165, 1.54) is 11.7 Å². The Hall–Kier alpha value is -2.52. The maximum absolute atomic E-state index is 13.1. The zero-order valence-corrected chi connectivity index (χ0v) is 16.5. The molecule has 6 nitrogen and oxygen atoms in total. The lowest BCUT2D eigenvalue weighted by atomic mass is 10.1. The van der Waals surface area contributed by atoms with Gasteiger partial charge in [0.25, 0.3) is 10.0 Å². The first-order chi connectivity index (χ1) is 12.7. The predicted octanol–water partition coefficient (Wildman–Crippen LogP) is 2.92. The first-order valence-corrected chi connectivity index (χ1v) is 10.2. The van der Waals surface area contributed by atoms with Crippen LogP contribution in [-0.2, 0) is 26.1 Å². The van der Waals surface area contributed by atoms with Gasteiger partial charge in [0.15, 0.2) is 0 Å². The third kappa shape index (κ3) is 3.93. The average Bonchev–Trinajstić information content (AvgIpc) is 2.91. The summed E-state index contributed by atoms with van der Waals surface area (Å²) in [5.74, 6) is -1.06. The van der Waals surface area contributed by atoms with Gasteiger partial charge in [-0.05, 0) is 61.4 Å². The van der Waals surface area contributed by atoms with Crippen LogP contribution in [0, 0.1) is 19.7 Å². The summed E-state index contributed by atoms with van der Waals surface area (Å²) in [5.41, 5.74) is 2.75. The fourth-order valence-electron chi connectivity index (χ4n) is 2.50.